The number of carbonyl (C=O) groups excluding carboxylic acids is 2. The topological polar surface area (TPSA) is 92.8 Å². The number of para-hydroxylation sites is 1. The minimum atomic E-state index is -4.03. The Labute approximate surface area is 194 Å². The zero-order chi connectivity index (χ0) is 24.0. The SMILES string of the molecule is CCOC(=O)c1ccccc1NC(=O)CN(c1ccc(C)c(C)c1)S(=O)(=O)c1ccccc1. The molecule has 3 aromatic carbocycles. The second kappa shape index (κ2) is 10.3. The number of carbonyl (C=O) groups is 2. The monoisotopic (exact) mass is 466 g/mol. The van der Waals surface area contributed by atoms with Gasteiger partial charge in [-0.2, -0.15) is 0 Å². The molecule has 0 radical (unpaired) electrons. The van der Waals surface area contributed by atoms with Crippen molar-refractivity contribution in [2.24, 2.45) is 0 Å². The average molecular weight is 467 g/mol. The summed E-state index contributed by atoms with van der Waals surface area (Å²) in [7, 11) is -4.03. The quantitative estimate of drug-likeness (QED) is 0.499. The third-order valence-electron chi connectivity index (χ3n) is 5.09. The van der Waals surface area contributed by atoms with Crippen LogP contribution in [0.3, 0.4) is 0 Å². The largest absolute Gasteiger partial charge is 0.462 e. The molecular formula is C25H26N2O5S. The standard InChI is InChI=1S/C25H26N2O5S/c1-4-32-25(29)22-12-8-9-13-23(22)26-24(28)17-27(20-15-14-18(2)19(3)16-20)33(30,31)21-10-6-5-7-11-21/h5-16H,4,17H2,1-3H3,(H,26,28). The maximum atomic E-state index is 13.4. The minimum absolute atomic E-state index is 0.0722. The molecule has 33 heavy (non-hydrogen) atoms. The Bertz CT molecular complexity index is 1260. The molecule has 0 saturated carbocycles. The molecule has 0 aliphatic carbocycles. The molecule has 3 aromatic rings. The first kappa shape index (κ1) is 24.0. The molecule has 1 N–H and O–H groups in total. The number of esters is 1. The molecule has 0 unspecified atom stereocenters. The lowest BCUT2D eigenvalue weighted by Gasteiger charge is -2.25. The van der Waals surface area contributed by atoms with Crippen molar-refractivity contribution in [3.63, 3.8) is 0 Å². The van der Waals surface area contributed by atoms with Gasteiger partial charge in [0, 0.05) is 0 Å². The van der Waals surface area contributed by atoms with Crippen LogP contribution in [0.25, 0.3) is 0 Å². The molecule has 3 rings (SSSR count). The number of hydrogen-bond acceptors (Lipinski definition) is 5. The minimum Gasteiger partial charge on any atom is -0.462 e. The van der Waals surface area contributed by atoms with E-state index in [1.807, 2.05) is 19.9 Å². The maximum Gasteiger partial charge on any atom is 0.340 e. The zero-order valence-electron chi connectivity index (χ0n) is 18.7. The summed E-state index contributed by atoms with van der Waals surface area (Å²) in [6.45, 7) is 5.21. The van der Waals surface area contributed by atoms with Gasteiger partial charge in [0.05, 0.1) is 28.4 Å². The Morgan fingerprint density at radius 3 is 2.24 bits per heavy atom. The van der Waals surface area contributed by atoms with Gasteiger partial charge in [0.1, 0.15) is 6.54 Å². The molecule has 0 aliphatic rings. The summed E-state index contributed by atoms with van der Waals surface area (Å²) in [5, 5.41) is 2.65. The first-order chi connectivity index (χ1) is 15.7. The van der Waals surface area contributed by atoms with Gasteiger partial charge in [0.25, 0.3) is 10.0 Å². The predicted octanol–water partition coefficient (Wildman–Crippen LogP) is 4.31. The van der Waals surface area contributed by atoms with E-state index in [-0.39, 0.29) is 22.8 Å². The Hall–Kier alpha value is -3.65. The third kappa shape index (κ3) is 5.59. The summed E-state index contributed by atoms with van der Waals surface area (Å²) in [4.78, 5) is 25.3. The first-order valence-electron chi connectivity index (χ1n) is 10.4. The number of hydrogen-bond donors (Lipinski definition) is 1. The van der Waals surface area contributed by atoms with Crippen LogP contribution in [0.15, 0.2) is 77.7 Å². The maximum absolute atomic E-state index is 13.4. The molecule has 0 spiro atoms. The van der Waals surface area contributed by atoms with E-state index >= 15 is 0 Å². The van der Waals surface area contributed by atoms with Gasteiger partial charge in [-0.3, -0.25) is 9.10 Å². The number of rotatable bonds is 8. The van der Waals surface area contributed by atoms with Crippen molar-refractivity contribution < 1.29 is 22.7 Å². The highest BCUT2D eigenvalue weighted by Crippen LogP contribution is 2.26. The van der Waals surface area contributed by atoms with Gasteiger partial charge < -0.3 is 10.1 Å². The molecule has 0 saturated heterocycles. The summed E-state index contributed by atoms with van der Waals surface area (Å²) < 4.78 is 33.0. The van der Waals surface area contributed by atoms with Gasteiger partial charge in [0.2, 0.25) is 5.91 Å². The van der Waals surface area contributed by atoms with E-state index in [4.69, 9.17) is 4.74 Å². The third-order valence-corrected chi connectivity index (χ3v) is 6.88. The summed E-state index contributed by atoms with van der Waals surface area (Å²) in [5.41, 5.74) is 2.71. The molecular weight excluding hydrogens is 440 g/mol. The molecule has 8 heteroatoms. The number of aryl methyl sites for hydroxylation is 2. The number of anilines is 2. The van der Waals surface area contributed by atoms with E-state index in [2.05, 4.69) is 5.32 Å². The number of sulfonamides is 1. The molecule has 0 aliphatic heterocycles. The highest BCUT2D eigenvalue weighted by atomic mass is 32.2. The molecule has 0 atom stereocenters. The lowest BCUT2D eigenvalue weighted by Crippen LogP contribution is -2.38. The van der Waals surface area contributed by atoms with Gasteiger partial charge in [0.15, 0.2) is 0 Å². The molecule has 7 nitrogen and oxygen atoms in total. The number of benzene rings is 3. The smallest absolute Gasteiger partial charge is 0.340 e. The molecule has 0 heterocycles. The highest BCUT2D eigenvalue weighted by Gasteiger charge is 2.28. The van der Waals surface area contributed by atoms with Crippen molar-refractivity contribution in [1.29, 1.82) is 0 Å². The number of amides is 1. The van der Waals surface area contributed by atoms with Crippen molar-refractivity contribution >= 4 is 33.3 Å². The van der Waals surface area contributed by atoms with Crippen molar-refractivity contribution in [2.45, 2.75) is 25.7 Å². The lowest BCUT2D eigenvalue weighted by atomic mass is 10.1. The summed E-state index contributed by atoms with van der Waals surface area (Å²) in [5.74, 6) is -1.17. The fourth-order valence-electron chi connectivity index (χ4n) is 3.21. The molecule has 0 bridgehead atoms. The van der Waals surface area contributed by atoms with Crippen molar-refractivity contribution in [3.8, 4) is 0 Å². The van der Waals surface area contributed by atoms with Gasteiger partial charge in [-0.1, -0.05) is 36.4 Å². The van der Waals surface area contributed by atoms with E-state index in [9.17, 15) is 18.0 Å². The van der Waals surface area contributed by atoms with E-state index in [1.54, 1.807) is 55.5 Å². The summed E-state index contributed by atoms with van der Waals surface area (Å²) >= 11 is 0. The second-order valence-electron chi connectivity index (χ2n) is 7.41. The molecule has 0 fully saturated rings. The van der Waals surface area contributed by atoms with Crippen LogP contribution in [0.2, 0.25) is 0 Å². The van der Waals surface area contributed by atoms with Crippen LogP contribution < -0.4 is 9.62 Å². The van der Waals surface area contributed by atoms with Gasteiger partial charge >= 0.3 is 5.97 Å². The second-order valence-corrected chi connectivity index (χ2v) is 9.27. The fourth-order valence-corrected chi connectivity index (χ4v) is 4.65. The van der Waals surface area contributed by atoms with Gasteiger partial charge in [-0.25, -0.2) is 13.2 Å². The van der Waals surface area contributed by atoms with Gasteiger partial charge in [-0.15, -0.1) is 0 Å². The summed E-state index contributed by atoms with van der Waals surface area (Å²) in [6.07, 6.45) is 0. The van der Waals surface area contributed by atoms with Crippen LogP contribution in [-0.4, -0.2) is 33.4 Å². The average Bonchev–Trinajstić information content (AvgIpc) is 2.80. The van der Waals surface area contributed by atoms with Crippen LogP contribution >= 0.6 is 0 Å². The van der Waals surface area contributed by atoms with Crippen LogP contribution in [0.5, 0.6) is 0 Å². The Morgan fingerprint density at radius 1 is 0.909 bits per heavy atom. The van der Waals surface area contributed by atoms with Crippen LogP contribution in [-0.2, 0) is 19.6 Å². The van der Waals surface area contributed by atoms with Crippen LogP contribution in [0.1, 0.15) is 28.4 Å². The van der Waals surface area contributed by atoms with Crippen LogP contribution in [0.4, 0.5) is 11.4 Å². The number of nitrogens with one attached hydrogen (secondary N) is 1. The normalized spacial score (nSPS) is 11.0. The van der Waals surface area contributed by atoms with E-state index < -0.39 is 28.4 Å². The van der Waals surface area contributed by atoms with Crippen molar-refractivity contribution in [1.82, 2.24) is 0 Å². The number of nitrogens with zero attached hydrogens (tertiary/aromatic N) is 1. The fraction of sp³-hybridized carbons (Fsp3) is 0.200. The molecule has 1 amide bonds. The Morgan fingerprint density at radius 2 is 1.58 bits per heavy atom. The highest BCUT2D eigenvalue weighted by molar-refractivity contribution is 7.92. The van der Waals surface area contributed by atoms with E-state index in [0.29, 0.717) is 5.69 Å². The van der Waals surface area contributed by atoms with Crippen LogP contribution in [0, 0.1) is 13.8 Å². The zero-order valence-corrected chi connectivity index (χ0v) is 19.6. The molecule has 0 aromatic heterocycles. The van der Waals surface area contributed by atoms with E-state index in [1.165, 1.54) is 18.2 Å². The Kier molecular flexibility index (Phi) is 7.50. The Balaban J connectivity index is 1.95. The molecule has 172 valence electrons. The lowest BCUT2D eigenvalue weighted by molar-refractivity contribution is -0.114. The van der Waals surface area contributed by atoms with E-state index in [0.717, 1.165) is 15.4 Å². The predicted molar refractivity (Wildman–Crippen MR) is 128 cm³/mol. The first-order valence-corrected chi connectivity index (χ1v) is 11.9. The summed E-state index contributed by atoms with van der Waals surface area (Å²) in [6, 6.07) is 19.6. The van der Waals surface area contributed by atoms with Crippen molar-refractivity contribution in [2.75, 3.05) is 22.8 Å². The van der Waals surface area contributed by atoms with Gasteiger partial charge in [-0.05, 0) is 68.3 Å². The number of ether oxygens (including phenoxy) is 1. The van der Waals surface area contributed by atoms with Crippen molar-refractivity contribution in [3.05, 3.63) is 89.5 Å².